The van der Waals surface area contributed by atoms with E-state index in [4.69, 9.17) is 4.74 Å². The third-order valence-corrected chi connectivity index (χ3v) is 3.01. The van der Waals surface area contributed by atoms with E-state index in [0.717, 1.165) is 17.6 Å². The van der Waals surface area contributed by atoms with Crippen LogP contribution in [-0.4, -0.2) is 12.9 Å². The second kappa shape index (κ2) is 5.35. The minimum absolute atomic E-state index is 0.177. The largest absolute Gasteiger partial charge is 0.494 e. The minimum atomic E-state index is -0.177. The van der Waals surface area contributed by atoms with Crippen molar-refractivity contribution in [3.8, 4) is 5.75 Å². The Balaban J connectivity index is 3.33. The molecule has 1 rings (SSSR count). The van der Waals surface area contributed by atoms with E-state index >= 15 is 0 Å². The Bertz CT molecular complexity index is 406. The molecule has 17 heavy (non-hydrogen) atoms. The van der Waals surface area contributed by atoms with E-state index in [0.29, 0.717) is 13.0 Å². The van der Waals surface area contributed by atoms with Crippen LogP contribution >= 0.6 is 0 Å². The molecule has 0 saturated carbocycles. The highest BCUT2D eigenvalue weighted by Gasteiger charge is 2.26. The summed E-state index contributed by atoms with van der Waals surface area (Å²) in [6.45, 7) is 10.9. The molecule has 0 bridgehead atoms. The van der Waals surface area contributed by atoms with Crippen molar-refractivity contribution in [1.29, 1.82) is 0 Å². The zero-order valence-corrected chi connectivity index (χ0v) is 11.5. The molecule has 0 spiro atoms. The van der Waals surface area contributed by atoms with E-state index in [1.54, 1.807) is 0 Å². The second-order valence-electron chi connectivity index (χ2n) is 5.14. The summed E-state index contributed by atoms with van der Waals surface area (Å²) >= 11 is 0. The smallest absolute Gasteiger partial charge is 0.123 e. The quantitative estimate of drug-likeness (QED) is 0.728. The van der Waals surface area contributed by atoms with Crippen molar-refractivity contribution < 1.29 is 9.53 Å². The Morgan fingerprint density at radius 2 is 1.94 bits per heavy atom. The Kier molecular flexibility index (Phi) is 4.33. The monoisotopic (exact) mass is 234 g/mol. The SMILES string of the molecule is CCOc1cc(C)cc(C)c1C(C)(C)CC=O. The molecule has 1 aromatic rings. The molecular formula is C15H22O2. The summed E-state index contributed by atoms with van der Waals surface area (Å²) in [5.74, 6) is 0.914. The molecule has 2 nitrogen and oxygen atoms in total. The maximum atomic E-state index is 10.8. The number of carbonyl (C=O) groups excluding carboxylic acids is 1. The zero-order chi connectivity index (χ0) is 13.1. The first kappa shape index (κ1) is 13.8. The first-order valence-electron chi connectivity index (χ1n) is 6.10. The molecular weight excluding hydrogens is 212 g/mol. The van der Waals surface area contributed by atoms with Crippen molar-refractivity contribution in [3.63, 3.8) is 0 Å². The fourth-order valence-electron chi connectivity index (χ4n) is 2.38. The van der Waals surface area contributed by atoms with Crippen molar-refractivity contribution in [3.05, 3.63) is 28.8 Å². The van der Waals surface area contributed by atoms with Crippen LogP contribution in [0.2, 0.25) is 0 Å². The van der Waals surface area contributed by atoms with Gasteiger partial charge in [-0.2, -0.15) is 0 Å². The van der Waals surface area contributed by atoms with E-state index in [1.165, 1.54) is 11.1 Å². The lowest BCUT2D eigenvalue weighted by atomic mass is 9.78. The minimum Gasteiger partial charge on any atom is -0.494 e. The van der Waals surface area contributed by atoms with Crippen LogP contribution in [0.4, 0.5) is 0 Å². The summed E-state index contributed by atoms with van der Waals surface area (Å²) in [4.78, 5) is 10.8. The highest BCUT2D eigenvalue weighted by Crippen LogP contribution is 2.37. The van der Waals surface area contributed by atoms with Crippen molar-refractivity contribution in [2.24, 2.45) is 0 Å². The van der Waals surface area contributed by atoms with Gasteiger partial charge in [-0.05, 0) is 38.0 Å². The number of ether oxygens (including phenoxy) is 1. The summed E-state index contributed by atoms with van der Waals surface area (Å²) in [6, 6.07) is 4.20. The number of hydrogen-bond acceptors (Lipinski definition) is 2. The molecule has 0 fully saturated rings. The predicted octanol–water partition coefficient (Wildman–Crippen LogP) is 3.57. The predicted molar refractivity (Wildman–Crippen MR) is 70.8 cm³/mol. The van der Waals surface area contributed by atoms with Gasteiger partial charge in [0.15, 0.2) is 0 Å². The number of rotatable bonds is 5. The van der Waals surface area contributed by atoms with E-state index in [1.807, 2.05) is 6.92 Å². The van der Waals surface area contributed by atoms with E-state index < -0.39 is 0 Å². The third-order valence-electron chi connectivity index (χ3n) is 3.01. The van der Waals surface area contributed by atoms with Crippen LogP contribution in [0.15, 0.2) is 12.1 Å². The number of aryl methyl sites for hydroxylation is 2. The molecule has 0 aliphatic carbocycles. The van der Waals surface area contributed by atoms with Gasteiger partial charge in [0.1, 0.15) is 12.0 Å². The molecule has 0 saturated heterocycles. The van der Waals surface area contributed by atoms with Crippen LogP contribution in [0.25, 0.3) is 0 Å². The maximum absolute atomic E-state index is 10.8. The summed E-state index contributed by atoms with van der Waals surface area (Å²) in [5, 5.41) is 0. The first-order valence-corrected chi connectivity index (χ1v) is 6.10. The molecule has 0 atom stereocenters. The number of hydrogen-bond donors (Lipinski definition) is 0. The Hall–Kier alpha value is -1.31. The summed E-state index contributed by atoms with van der Waals surface area (Å²) in [6.07, 6.45) is 1.49. The van der Waals surface area contributed by atoms with Gasteiger partial charge in [-0.3, -0.25) is 0 Å². The van der Waals surface area contributed by atoms with Crippen molar-refractivity contribution in [2.75, 3.05) is 6.61 Å². The van der Waals surface area contributed by atoms with Gasteiger partial charge in [0.05, 0.1) is 6.61 Å². The molecule has 1 aromatic carbocycles. The summed E-state index contributed by atoms with van der Waals surface area (Å²) in [7, 11) is 0. The average molecular weight is 234 g/mol. The number of aldehydes is 1. The zero-order valence-electron chi connectivity index (χ0n) is 11.5. The Morgan fingerprint density at radius 1 is 1.29 bits per heavy atom. The van der Waals surface area contributed by atoms with Gasteiger partial charge in [-0.1, -0.05) is 19.9 Å². The molecule has 0 aromatic heterocycles. The topological polar surface area (TPSA) is 26.3 Å². The normalized spacial score (nSPS) is 11.4. The van der Waals surface area contributed by atoms with Crippen LogP contribution in [0.3, 0.4) is 0 Å². The van der Waals surface area contributed by atoms with E-state index in [-0.39, 0.29) is 5.41 Å². The number of benzene rings is 1. The fraction of sp³-hybridized carbons (Fsp3) is 0.533. The lowest BCUT2D eigenvalue weighted by Crippen LogP contribution is -2.20. The molecule has 0 aliphatic rings. The molecule has 0 unspecified atom stereocenters. The molecule has 94 valence electrons. The lowest BCUT2D eigenvalue weighted by molar-refractivity contribution is -0.108. The molecule has 0 aliphatic heterocycles. The van der Waals surface area contributed by atoms with Crippen molar-refractivity contribution in [1.82, 2.24) is 0 Å². The van der Waals surface area contributed by atoms with Crippen LogP contribution in [0.5, 0.6) is 5.75 Å². The van der Waals surface area contributed by atoms with Gasteiger partial charge in [0.25, 0.3) is 0 Å². The maximum Gasteiger partial charge on any atom is 0.123 e. The van der Waals surface area contributed by atoms with Gasteiger partial charge in [-0.15, -0.1) is 0 Å². The van der Waals surface area contributed by atoms with Crippen LogP contribution in [-0.2, 0) is 10.2 Å². The second-order valence-corrected chi connectivity index (χ2v) is 5.14. The Morgan fingerprint density at radius 3 is 2.47 bits per heavy atom. The standard InChI is InChI=1S/C15H22O2/c1-6-17-13-10-11(2)9-12(3)14(13)15(4,5)7-8-16/h8-10H,6-7H2,1-5H3. The molecule has 2 heteroatoms. The highest BCUT2D eigenvalue weighted by atomic mass is 16.5. The van der Waals surface area contributed by atoms with Crippen molar-refractivity contribution in [2.45, 2.75) is 46.5 Å². The molecule has 0 N–H and O–H groups in total. The van der Waals surface area contributed by atoms with Crippen LogP contribution in [0.1, 0.15) is 43.9 Å². The number of carbonyl (C=O) groups is 1. The van der Waals surface area contributed by atoms with E-state index in [2.05, 4.69) is 39.8 Å². The van der Waals surface area contributed by atoms with Gasteiger partial charge in [0.2, 0.25) is 0 Å². The average Bonchev–Trinajstić information content (AvgIpc) is 2.15. The Labute approximate surface area is 104 Å². The van der Waals surface area contributed by atoms with Gasteiger partial charge in [0, 0.05) is 17.4 Å². The van der Waals surface area contributed by atoms with Gasteiger partial charge >= 0.3 is 0 Å². The molecule has 0 heterocycles. The van der Waals surface area contributed by atoms with E-state index in [9.17, 15) is 4.79 Å². The molecule has 0 radical (unpaired) electrons. The van der Waals surface area contributed by atoms with Crippen LogP contribution < -0.4 is 4.74 Å². The summed E-state index contributed by atoms with van der Waals surface area (Å²) < 4.78 is 5.72. The van der Waals surface area contributed by atoms with Gasteiger partial charge in [-0.25, -0.2) is 0 Å². The molecule has 0 amide bonds. The summed E-state index contributed by atoms with van der Waals surface area (Å²) in [5.41, 5.74) is 3.36. The lowest BCUT2D eigenvalue weighted by Gasteiger charge is -2.27. The van der Waals surface area contributed by atoms with Crippen LogP contribution in [0, 0.1) is 13.8 Å². The highest BCUT2D eigenvalue weighted by molar-refractivity contribution is 5.56. The van der Waals surface area contributed by atoms with Gasteiger partial charge < -0.3 is 9.53 Å². The van der Waals surface area contributed by atoms with Crippen molar-refractivity contribution >= 4 is 6.29 Å². The fourth-order valence-corrected chi connectivity index (χ4v) is 2.38. The third kappa shape index (κ3) is 3.09. The first-order chi connectivity index (χ1) is 7.92.